The molecule has 0 heterocycles. The van der Waals surface area contributed by atoms with Crippen LogP contribution in [0.4, 0.5) is 0 Å². The van der Waals surface area contributed by atoms with Crippen LogP contribution in [0.5, 0.6) is 0 Å². The molecule has 0 saturated carbocycles. The first-order valence-electron chi connectivity index (χ1n) is 6.03. The fourth-order valence-electron chi connectivity index (χ4n) is 1.55. The second-order valence-corrected chi connectivity index (χ2v) is 4.43. The minimum Gasteiger partial charge on any atom is -0.350 e. The molecule has 2 heteroatoms. The number of benzene rings is 1. The van der Waals surface area contributed by atoms with Crippen LogP contribution >= 0.6 is 0 Å². The Morgan fingerprint density at radius 1 is 1.25 bits per heavy atom. The summed E-state index contributed by atoms with van der Waals surface area (Å²) >= 11 is 0. The van der Waals surface area contributed by atoms with Gasteiger partial charge in [0.1, 0.15) is 0 Å². The van der Waals surface area contributed by atoms with Gasteiger partial charge in [0.05, 0.1) is 0 Å². The molecule has 1 rings (SSSR count). The number of rotatable bonds is 5. The third-order valence-corrected chi connectivity index (χ3v) is 2.45. The standard InChI is InChI=1S/C14H21NO/c1-4-5-6-12-7-9-13(10-8-12)14(16)15-11(2)3/h7-11H,4-6H2,1-3H3,(H,15,16). The van der Waals surface area contributed by atoms with Crippen molar-refractivity contribution in [2.24, 2.45) is 0 Å². The van der Waals surface area contributed by atoms with Gasteiger partial charge in [0, 0.05) is 11.6 Å². The van der Waals surface area contributed by atoms with E-state index in [0.29, 0.717) is 0 Å². The molecule has 1 aromatic carbocycles. The lowest BCUT2D eigenvalue weighted by molar-refractivity contribution is 0.0943. The molecule has 0 atom stereocenters. The van der Waals surface area contributed by atoms with Crippen molar-refractivity contribution < 1.29 is 4.79 Å². The van der Waals surface area contributed by atoms with Gasteiger partial charge >= 0.3 is 0 Å². The summed E-state index contributed by atoms with van der Waals surface area (Å²) in [6, 6.07) is 8.09. The maximum atomic E-state index is 11.7. The lowest BCUT2D eigenvalue weighted by Gasteiger charge is -2.08. The van der Waals surface area contributed by atoms with Crippen LogP contribution in [0, 0.1) is 0 Å². The summed E-state index contributed by atoms with van der Waals surface area (Å²) in [6.07, 6.45) is 3.51. The summed E-state index contributed by atoms with van der Waals surface area (Å²) in [7, 11) is 0. The van der Waals surface area contributed by atoms with Crippen LogP contribution in [0.25, 0.3) is 0 Å². The lowest BCUT2D eigenvalue weighted by atomic mass is 10.1. The summed E-state index contributed by atoms with van der Waals surface area (Å²) in [4.78, 5) is 11.7. The molecule has 88 valence electrons. The van der Waals surface area contributed by atoms with Crippen molar-refractivity contribution in [3.8, 4) is 0 Å². The normalized spacial score (nSPS) is 10.5. The molecule has 0 bridgehead atoms. The maximum Gasteiger partial charge on any atom is 0.251 e. The molecule has 0 aliphatic rings. The Kier molecular flexibility index (Phi) is 5.03. The summed E-state index contributed by atoms with van der Waals surface area (Å²) in [5.41, 5.74) is 2.05. The molecule has 1 amide bonds. The van der Waals surface area contributed by atoms with Crippen molar-refractivity contribution in [3.63, 3.8) is 0 Å². The summed E-state index contributed by atoms with van der Waals surface area (Å²) in [6.45, 7) is 6.12. The number of aryl methyl sites for hydroxylation is 1. The first-order chi connectivity index (χ1) is 7.63. The van der Waals surface area contributed by atoms with E-state index in [1.165, 1.54) is 18.4 Å². The Morgan fingerprint density at radius 2 is 1.88 bits per heavy atom. The molecule has 0 aromatic heterocycles. The van der Waals surface area contributed by atoms with Crippen LogP contribution in [0.1, 0.15) is 49.5 Å². The van der Waals surface area contributed by atoms with Gasteiger partial charge in [-0.25, -0.2) is 0 Å². The molecular formula is C14H21NO. The third-order valence-electron chi connectivity index (χ3n) is 2.45. The highest BCUT2D eigenvalue weighted by Gasteiger charge is 2.05. The number of nitrogens with one attached hydrogen (secondary N) is 1. The molecular weight excluding hydrogens is 198 g/mol. The van der Waals surface area contributed by atoms with Crippen molar-refractivity contribution in [2.75, 3.05) is 0 Å². The quantitative estimate of drug-likeness (QED) is 0.809. The van der Waals surface area contributed by atoms with Gasteiger partial charge in [-0.05, 0) is 44.4 Å². The van der Waals surface area contributed by atoms with Gasteiger partial charge < -0.3 is 5.32 Å². The lowest BCUT2D eigenvalue weighted by Crippen LogP contribution is -2.29. The number of unbranched alkanes of at least 4 members (excludes halogenated alkanes) is 1. The predicted octanol–water partition coefficient (Wildman–Crippen LogP) is 3.17. The second kappa shape index (κ2) is 6.31. The van der Waals surface area contributed by atoms with Crippen LogP contribution in [-0.4, -0.2) is 11.9 Å². The van der Waals surface area contributed by atoms with Crippen LogP contribution < -0.4 is 5.32 Å². The van der Waals surface area contributed by atoms with Gasteiger partial charge in [0.25, 0.3) is 5.91 Å². The molecule has 0 aliphatic carbocycles. The minimum absolute atomic E-state index is 0.0111. The zero-order chi connectivity index (χ0) is 12.0. The first kappa shape index (κ1) is 12.8. The minimum atomic E-state index is 0.0111. The number of hydrogen-bond donors (Lipinski definition) is 1. The van der Waals surface area contributed by atoms with E-state index >= 15 is 0 Å². The van der Waals surface area contributed by atoms with E-state index in [1.54, 1.807) is 0 Å². The van der Waals surface area contributed by atoms with Crippen molar-refractivity contribution in [3.05, 3.63) is 35.4 Å². The second-order valence-electron chi connectivity index (χ2n) is 4.43. The van der Waals surface area contributed by atoms with Crippen molar-refractivity contribution in [2.45, 2.75) is 46.1 Å². The molecule has 0 fully saturated rings. The smallest absolute Gasteiger partial charge is 0.251 e. The summed E-state index contributed by atoms with van der Waals surface area (Å²) < 4.78 is 0. The Hall–Kier alpha value is -1.31. The molecule has 0 unspecified atom stereocenters. The van der Waals surface area contributed by atoms with Crippen LogP contribution in [0.15, 0.2) is 24.3 Å². The van der Waals surface area contributed by atoms with Gasteiger partial charge in [-0.1, -0.05) is 25.5 Å². The molecule has 1 N–H and O–H groups in total. The van der Waals surface area contributed by atoms with Crippen molar-refractivity contribution >= 4 is 5.91 Å². The first-order valence-corrected chi connectivity index (χ1v) is 6.03. The zero-order valence-corrected chi connectivity index (χ0v) is 10.4. The topological polar surface area (TPSA) is 29.1 Å². The van der Waals surface area contributed by atoms with E-state index in [-0.39, 0.29) is 11.9 Å². The van der Waals surface area contributed by atoms with Crippen LogP contribution in [0.3, 0.4) is 0 Å². The van der Waals surface area contributed by atoms with E-state index < -0.39 is 0 Å². The zero-order valence-electron chi connectivity index (χ0n) is 10.4. The van der Waals surface area contributed by atoms with Gasteiger partial charge in [0.15, 0.2) is 0 Å². The average molecular weight is 219 g/mol. The van der Waals surface area contributed by atoms with Crippen molar-refractivity contribution in [1.29, 1.82) is 0 Å². The van der Waals surface area contributed by atoms with E-state index in [0.717, 1.165) is 12.0 Å². The van der Waals surface area contributed by atoms with Gasteiger partial charge in [-0.2, -0.15) is 0 Å². The number of amides is 1. The molecule has 2 nitrogen and oxygen atoms in total. The van der Waals surface area contributed by atoms with Gasteiger partial charge in [-0.15, -0.1) is 0 Å². The maximum absolute atomic E-state index is 11.7. The van der Waals surface area contributed by atoms with E-state index in [2.05, 4.69) is 12.2 Å². The van der Waals surface area contributed by atoms with Crippen molar-refractivity contribution in [1.82, 2.24) is 5.32 Å². The van der Waals surface area contributed by atoms with E-state index in [9.17, 15) is 4.79 Å². The van der Waals surface area contributed by atoms with Gasteiger partial charge in [0.2, 0.25) is 0 Å². The molecule has 0 saturated heterocycles. The fraction of sp³-hybridized carbons (Fsp3) is 0.500. The molecule has 0 radical (unpaired) electrons. The Bertz CT molecular complexity index is 327. The Labute approximate surface area is 98.1 Å². The van der Waals surface area contributed by atoms with Gasteiger partial charge in [-0.3, -0.25) is 4.79 Å². The highest BCUT2D eigenvalue weighted by molar-refractivity contribution is 5.94. The SMILES string of the molecule is CCCCc1ccc(C(=O)NC(C)C)cc1. The molecule has 0 spiro atoms. The number of carbonyl (C=O) groups excluding carboxylic acids is 1. The van der Waals surface area contributed by atoms with E-state index in [4.69, 9.17) is 0 Å². The number of carbonyl (C=O) groups is 1. The van der Waals surface area contributed by atoms with Crippen LogP contribution in [-0.2, 0) is 6.42 Å². The molecule has 16 heavy (non-hydrogen) atoms. The fourth-order valence-corrected chi connectivity index (χ4v) is 1.55. The molecule has 0 aliphatic heterocycles. The molecule has 1 aromatic rings. The van der Waals surface area contributed by atoms with E-state index in [1.807, 2.05) is 38.1 Å². The van der Waals surface area contributed by atoms with Crippen LogP contribution in [0.2, 0.25) is 0 Å². The highest BCUT2D eigenvalue weighted by atomic mass is 16.1. The largest absolute Gasteiger partial charge is 0.350 e. The predicted molar refractivity (Wildman–Crippen MR) is 67.7 cm³/mol. The monoisotopic (exact) mass is 219 g/mol. The summed E-state index contributed by atoms with van der Waals surface area (Å²) in [5.74, 6) is 0.0111. The Balaban J connectivity index is 2.60. The summed E-state index contributed by atoms with van der Waals surface area (Å²) in [5, 5.41) is 2.88. The third kappa shape index (κ3) is 4.05. The average Bonchev–Trinajstić information content (AvgIpc) is 2.26. The number of hydrogen-bond acceptors (Lipinski definition) is 1. The Morgan fingerprint density at radius 3 is 2.38 bits per heavy atom. The highest BCUT2D eigenvalue weighted by Crippen LogP contribution is 2.08.